The monoisotopic (exact) mass is 425 g/mol. The number of hydrogen-bond donors (Lipinski definition) is 0. The van der Waals surface area contributed by atoms with Gasteiger partial charge in [-0.3, -0.25) is 4.79 Å². The van der Waals surface area contributed by atoms with Gasteiger partial charge in [0.05, 0.1) is 23.9 Å². The van der Waals surface area contributed by atoms with Crippen LogP contribution in [0, 0.1) is 0 Å². The topological polar surface area (TPSA) is 107 Å². The Bertz CT molecular complexity index is 931. The number of tetrazole rings is 1. The molecule has 1 fully saturated rings. The van der Waals surface area contributed by atoms with Gasteiger partial charge in [-0.1, -0.05) is 23.9 Å². The molecule has 9 nitrogen and oxygen atoms in total. The quantitative estimate of drug-likeness (QED) is 0.581. The zero-order valence-corrected chi connectivity index (χ0v) is 17.4. The Kier molecular flexibility index (Phi) is 6.55. The molecular weight excluding hydrogens is 402 g/mol. The summed E-state index contributed by atoms with van der Waals surface area (Å²) < 4.78 is 30.6. The van der Waals surface area contributed by atoms with Crippen LogP contribution in [0.2, 0.25) is 0 Å². The van der Waals surface area contributed by atoms with Crippen molar-refractivity contribution in [1.29, 1.82) is 0 Å². The molecule has 1 aromatic carbocycles. The van der Waals surface area contributed by atoms with E-state index in [0.29, 0.717) is 36.2 Å². The number of aromatic nitrogens is 4. The summed E-state index contributed by atoms with van der Waals surface area (Å²) in [6, 6.07) is 7.15. The average molecular weight is 426 g/mol. The maximum absolute atomic E-state index is 12.7. The number of hydrogen-bond acceptors (Lipinski definition) is 8. The number of amides is 1. The number of thioether (sulfide) groups is 1. The highest BCUT2D eigenvalue weighted by Gasteiger charge is 2.34. The lowest BCUT2D eigenvalue weighted by Gasteiger charge is -2.26. The van der Waals surface area contributed by atoms with Crippen molar-refractivity contribution in [2.75, 3.05) is 30.4 Å². The molecule has 1 aliphatic rings. The first-order valence-corrected chi connectivity index (χ1v) is 11.9. The number of para-hydroxylation sites is 2. The molecule has 1 saturated heterocycles. The second-order valence-electron chi connectivity index (χ2n) is 6.30. The molecule has 0 radical (unpaired) electrons. The smallest absolute Gasteiger partial charge is 0.233 e. The summed E-state index contributed by atoms with van der Waals surface area (Å²) in [5.74, 6) is 0.832. The Morgan fingerprint density at radius 3 is 2.82 bits per heavy atom. The van der Waals surface area contributed by atoms with E-state index in [9.17, 15) is 13.2 Å². The third-order valence-electron chi connectivity index (χ3n) is 4.47. The molecule has 152 valence electrons. The molecule has 2 aromatic rings. The van der Waals surface area contributed by atoms with Crippen LogP contribution in [0.15, 0.2) is 29.4 Å². The lowest BCUT2D eigenvalue weighted by molar-refractivity contribution is -0.129. The van der Waals surface area contributed by atoms with Crippen LogP contribution in [-0.2, 0) is 14.6 Å². The van der Waals surface area contributed by atoms with Crippen molar-refractivity contribution < 1.29 is 17.9 Å². The molecule has 0 aliphatic carbocycles. The van der Waals surface area contributed by atoms with E-state index in [1.54, 1.807) is 9.58 Å². The number of nitrogens with zero attached hydrogens (tertiary/aromatic N) is 5. The van der Waals surface area contributed by atoms with Gasteiger partial charge in [0.1, 0.15) is 11.4 Å². The van der Waals surface area contributed by atoms with Crippen LogP contribution in [0.25, 0.3) is 5.69 Å². The van der Waals surface area contributed by atoms with Crippen LogP contribution in [0.3, 0.4) is 0 Å². The fraction of sp³-hybridized carbons (Fsp3) is 0.529. The summed E-state index contributed by atoms with van der Waals surface area (Å²) in [5, 5.41) is 12.2. The third-order valence-corrected chi connectivity index (χ3v) is 7.12. The highest BCUT2D eigenvalue weighted by Crippen LogP contribution is 2.26. The summed E-state index contributed by atoms with van der Waals surface area (Å²) in [5.41, 5.74) is 0.693. The fourth-order valence-corrected chi connectivity index (χ4v) is 5.70. The SMILES string of the molecule is CCOc1ccccc1-n1nnnc1SCC(=O)N(CC)[C@H]1CCS(=O)(=O)C1. The van der Waals surface area contributed by atoms with Gasteiger partial charge in [-0.15, -0.1) is 5.10 Å². The van der Waals surface area contributed by atoms with E-state index < -0.39 is 9.84 Å². The van der Waals surface area contributed by atoms with Gasteiger partial charge in [0.25, 0.3) is 0 Å². The predicted molar refractivity (Wildman–Crippen MR) is 105 cm³/mol. The molecule has 1 amide bonds. The van der Waals surface area contributed by atoms with Crippen LogP contribution in [0.5, 0.6) is 5.75 Å². The standard InChI is InChI=1S/C17H23N5O4S2/c1-3-21(13-9-10-28(24,25)12-13)16(23)11-27-17-18-19-20-22(17)14-7-5-6-8-15(14)26-4-2/h5-8,13H,3-4,9-12H2,1-2H3/t13-/m0/s1. The minimum absolute atomic E-state index is 0.0384. The van der Waals surface area contributed by atoms with Crippen LogP contribution < -0.4 is 4.74 Å². The van der Waals surface area contributed by atoms with Crippen LogP contribution in [0.1, 0.15) is 20.3 Å². The van der Waals surface area contributed by atoms with Gasteiger partial charge < -0.3 is 9.64 Å². The molecule has 2 heterocycles. The Morgan fingerprint density at radius 2 is 2.14 bits per heavy atom. The maximum atomic E-state index is 12.7. The summed E-state index contributed by atoms with van der Waals surface area (Å²) in [4.78, 5) is 14.3. The minimum atomic E-state index is -3.05. The first-order valence-electron chi connectivity index (χ1n) is 9.08. The molecule has 0 saturated carbocycles. The molecule has 1 aliphatic heterocycles. The zero-order valence-electron chi connectivity index (χ0n) is 15.8. The summed E-state index contributed by atoms with van der Waals surface area (Å²) in [6.45, 7) is 4.73. The van der Waals surface area contributed by atoms with Crippen LogP contribution >= 0.6 is 11.8 Å². The molecule has 0 spiro atoms. The minimum Gasteiger partial charge on any atom is -0.492 e. The molecule has 1 atom stereocenters. The largest absolute Gasteiger partial charge is 0.492 e. The van der Waals surface area contributed by atoms with E-state index in [1.807, 2.05) is 38.1 Å². The van der Waals surface area contributed by atoms with Gasteiger partial charge in [0, 0.05) is 12.6 Å². The van der Waals surface area contributed by atoms with E-state index in [2.05, 4.69) is 15.5 Å². The van der Waals surface area contributed by atoms with E-state index in [-0.39, 0.29) is 29.2 Å². The predicted octanol–water partition coefficient (Wildman–Crippen LogP) is 1.19. The number of benzene rings is 1. The van der Waals surface area contributed by atoms with Crippen molar-refractivity contribution in [3.63, 3.8) is 0 Å². The Morgan fingerprint density at radius 1 is 1.36 bits per heavy atom. The maximum Gasteiger partial charge on any atom is 0.233 e. The molecule has 3 rings (SSSR count). The number of carbonyl (C=O) groups excluding carboxylic acids is 1. The Balaban J connectivity index is 1.71. The number of carbonyl (C=O) groups is 1. The number of sulfone groups is 1. The molecule has 0 bridgehead atoms. The second-order valence-corrected chi connectivity index (χ2v) is 9.47. The second kappa shape index (κ2) is 8.91. The van der Waals surface area contributed by atoms with Gasteiger partial charge in [-0.25, -0.2) is 8.42 Å². The molecular formula is C17H23N5O4S2. The van der Waals surface area contributed by atoms with Crippen LogP contribution in [-0.4, -0.2) is 75.9 Å². The fourth-order valence-electron chi connectivity index (χ4n) is 3.20. The van der Waals surface area contributed by atoms with E-state index in [4.69, 9.17) is 4.74 Å². The summed E-state index contributed by atoms with van der Waals surface area (Å²) in [6.07, 6.45) is 0.492. The zero-order chi connectivity index (χ0) is 20.1. The van der Waals surface area contributed by atoms with E-state index in [1.165, 1.54) is 11.8 Å². The van der Waals surface area contributed by atoms with Gasteiger partial charge in [0.2, 0.25) is 11.1 Å². The highest BCUT2D eigenvalue weighted by molar-refractivity contribution is 7.99. The van der Waals surface area contributed by atoms with Crippen molar-refractivity contribution in [2.24, 2.45) is 0 Å². The summed E-state index contributed by atoms with van der Waals surface area (Å²) in [7, 11) is -3.05. The molecule has 11 heteroatoms. The first kappa shape index (κ1) is 20.6. The molecule has 0 N–H and O–H groups in total. The van der Waals surface area contributed by atoms with Gasteiger partial charge >= 0.3 is 0 Å². The highest BCUT2D eigenvalue weighted by atomic mass is 32.2. The Hall–Kier alpha value is -2.14. The van der Waals surface area contributed by atoms with Crippen molar-refractivity contribution in [1.82, 2.24) is 25.1 Å². The lowest BCUT2D eigenvalue weighted by atomic mass is 10.2. The van der Waals surface area contributed by atoms with E-state index in [0.717, 1.165) is 0 Å². The van der Waals surface area contributed by atoms with Crippen molar-refractivity contribution >= 4 is 27.5 Å². The van der Waals surface area contributed by atoms with Crippen molar-refractivity contribution in [3.05, 3.63) is 24.3 Å². The average Bonchev–Trinajstić information content (AvgIpc) is 3.27. The molecule has 0 unspecified atom stereocenters. The molecule has 28 heavy (non-hydrogen) atoms. The van der Waals surface area contributed by atoms with Gasteiger partial charge in [-0.05, 0) is 42.8 Å². The van der Waals surface area contributed by atoms with Crippen LogP contribution in [0.4, 0.5) is 0 Å². The lowest BCUT2D eigenvalue weighted by Crippen LogP contribution is -2.42. The summed E-state index contributed by atoms with van der Waals surface area (Å²) >= 11 is 1.22. The van der Waals surface area contributed by atoms with Gasteiger partial charge in [0.15, 0.2) is 9.84 Å². The first-order chi connectivity index (χ1) is 13.4. The number of rotatable bonds is 8. The Labute approximate surface area is 168 Å². The van der Waals surface area contributed by atoms with Crippen molar-refractivity contribution in [2.45, 2.75) is 31.5 Å². The number of ether oxygens (including phenoxy) is 1. The van der Waals surface area contributed by atoms with Gasteiger partial charge in [-0.2, -0.15) is 4.68 Å². The normalized spacial score (nSPS) is 18.1. The third kappa shape index (κ3) is 4.64. The van der Waals surface area contributed by atoms with Crippen molar-refractivity contribution in [3.8, 4) is 11.4 Å². The molecule has 1 aromatic heterocycles. The van der Waals surface area contributed by atoms with E-state index >= 15 is 0 Å².